The Morgan fingerprint density at radius 1 is 1.12 bits per heavy atom. The molecule has 1 aliphatic rings. The monoisotopic (exact) mass is 463 g/mol. The molecule has 2 aromatic rings. The average Bonchev–Trinajstić information content (AvgIpc) is 2.81. The van der Waals surface area contributed by atoms with Crippen LogP contribution in [-0.2, 0) is 11.0 Å². The van der Waals surface area contributed by atoms with Crippen molar-refractivity contribution in [3.63, 3.8) is 0 Å². The summed E-state index contributed by atoms with van der Waals surface area (Å²) in [5.74, 6) is -0.130. The molecule has 3 rings (SSSR count). The van der Waals surface area contributed by atoms with Crippen LogP contribution >= 0.6 is 0 Å². The van der Waals surface area contributed by atoms with E-state index in [9.17, 15) is 22.8 Å². The fourth-order valence-corrected chi connectivity index (χ4v) is 3.77. The van der Waals surface area contributed by atoms with E-state index >= 15 is 0 Å². The largest absolute Gasteiger partial charge is 0.416 e. The molecule has 178 valence electrons. The summed E-state index contributed by atoms with van der Waals surface area (Å²) >= 11 is 0. The van der Waals surface area contributed by atoms with Gasteiger partial charge in [-0.1, -0.05) is 19.9 Å². The Morgan fingerprint density at radius 2 is 1.85 bits per heavy atom. The zero-order valence-corrected chi connectivity index (χ0v) is 18.8. The van der Waals surface area contributed by atoms with E-state index < -0.39 is 11.7 Å². The van der Waals surface area contributed by atoms with Crippen LogP contribution in [0.25, 0.3) is 0 Å². The van der Waals surface area contributed by atoms with Crippen molar-refractivity contribution in [2.24, 2.45) is 5.92 Å². The molecular formula is C23H28F3N5O2. The van der Waals surface area contributed by atoms with Crippen LogP contribution in [0.1, 0.15) is 36.3 Å². The summed E-state index contributed by atoms with van der Waals surface area (Å²) in [6.45, 7) is 6.46. The van der Waals surface area contributed by atoms with E-state index in [1.165, 1.54) is 24.7 Å². The van der Waals surface area contributed by atoms with Crippen LogP contribution in [0, 0.1) is 5.92 Å². The SMILES string of the molecule is CC(C)CN(CCC(=O)N1CCN(c2cccc(C(F)(F)F)c2)CC1)C(=O)c1cnccn1. The van der Waals surface area contributed by atoms with Crippen LogP contribution in [0.15, 0.2) is 42.9 Å². The second-order valence-corrected chi connectivity index (χ2v) is 8.40. The maximum absolute atomic E-state index is 13.0. The van der Waals surface area contributed by atoms with Crippen molar-refractivity contribution < 1.29 is 22.8 Å². The van der Waals surface area contributed by atoms with Crippen molar-refractivity contribution in [1.29, 1.82) is 0 Å². The highest BCUT2D eigenvalue weighted by molar-refractivity contribution is 5.92. The number of alkyl halides is 3. The van der Waals surface area contributed by atoms with Gasteiger partial charge in [0.15, 0.2) is 0 Å². The summed E-state index contributed by atoms with van der Waals surface area (Å²) in [6, 6.07) is 5.23. The van der Waals surface area contributed by atoms with Gasteiger partial charge in [0.05, 0.1) is 11.8 Å². The third-order valence-corrected chi connectivity index (χ3v) is 5.42. The topological polar surface area (TPSA) is 69.6 Å². The molecule has 7 nitrogen and oxygen atoms in total. The first kappa shape index (κ1) is 24.5. The van der Waals surface area contributed by atoms with Crippen molar-refractivity contribution in [3.8, 4) is 0 Å². The van der Waals surface area contributed by atoms with E-state index in [0.29, 0.717) is 38.4 Å². The number of carbonyl (C=O) groups is 2. The first-order valence-corrected chi connectivity index (χ1v) is 10.9. The molecule has 1 saturated heterocycles. The number of amides is 2. The van der Waals surface area contributed by atoms with Crippen molar-refractivity contribution >= 4 is 17.5 Å². The summed E-state index contributed by atoms with van der Waals surface area (Å²) in [4.78, 5) is 38.7. The quantitative estimate of drug-likeness (QED) is 0.630. The summed E-state index contributed by atoms with van der Waals surface area (Å²) in [7, 11) is 0. The van der Waals surface area contributed by atoms with Crippen LogP contribution < -0.4 is 4.90 Å². The molecule has 1 aliphatic heterocycles. The van der Waals surface area contributed by atoms with Crippen molar-refractivity contribution in [3.05, 3.63) is 54.1 Å². The van der Waals surface area contributed by atoms with Gasteiger partial charge in [0.2, 0.25) is 5.91 Å². The van der Waals surface area contributed by atoms with Crippen molar-refractivity contribution in [2.75, 3.05) is 44.2 Å². The number of benzene rings is 1. The highest BCUT2D eigenvalue weighted by atomic mass is 19.4. The minimum Gasteiger partial charge on any atom is -0.368 e. The Balaban J connectivity index is 1.55. The van der Waals surface area contributed by atoms with Gasteiger partial charge >= 0.3 is 6.18 Å². The van der Waals surface area contributed by atoms with Crippen LogP contribution in [0.3, 0.4) is 0 Å². The minimum atomic E-state index is -4.39. The van der Waals surface area contributed by atoms with Crippen molar-refractivity contribution in [2.45, 2.75) is 26.4 Å². The van der Waals surface area contributed by atoms with E-state index in [0.717, 1.165) is 12.1 Å². The molecule has 2 amide bonds. The maximum atomic E-state index is 13.0. The molecule has 10 heteroatoms. The number of hydrogen-bond acceptors (Lipinski definition) is 5. The fourth-order valence-electron chi connectivity index (χ4n) is 3.77. The number of halogens is 3. The predicted molar refractivity (Wildman–Crippen MR) is 118 cm³/mol. The highest BCUT2D eigenvalue weighted by Gasteiger charge is 2.31. The van der Waals surface area contributed by atoms with Crippen LogP contribution in [0.2, 0.25) is 0 Å². The molecule has 0 radical (unpaired) electrons. The zero-order valence-electron chi connectivity index (χ0n) is 18.8. The summed E-state index contributed by atoms with van der Waals surface area (Å²) in [6.07, 6.45) is 0.132. The lowest BCUT2D eigenvalue weighted by atomic mass is 10.1. The number of carbonyl (C=O) groups excluding carboxylic acids is 2. The summed E-state index contributed by atoms with van der Waals surface area (Å²) in [5.41, 5.74) is 0.0476. The maximum Gasteiger partial charge on any atom is 0.416 e. The Morgan fingerprint density at radius 3 is 2.45 bits per heavy atom. The van der Waals surface area contributed by atoms with Crippen LogP contribution in [-0.4, -0.2) is 70.9 Å². The normalized spacial score (nSPS) is 14.5. The fraction of sp³-hybridized carbons (Fsp3) is 0.478. The third-order valence-electron chi connectivity index (χ3n) is 5.42. The molecule has 1 aromatic heterocycles. The Labute approximate surface area is 191 Å². The van der Waals surface area contributed by atoms with E-state index in [4.69, 9.17) is 0 Å². The molecule has 0 atom stereocenters. The van der Waals surface area contributed by atoms with Gasteiger partial charge in [0.1, 0.15) is 5.69 Å². The van der Waals surface area contributed by atoms with Gasteiger partial charge < -0.3 is 14.7 Å². The number of nitrogens with zero attached hydrogens (tertiary/aromatic N) is 5. The molecule has 0 unspecified atom stereocenters. The first-order valence-electron chi connectivity index (χ1n) is 10.9. The molecule has 2 heterocycles. The molecular weight excluding hydrogens is 435 g/mol. The lowest BCUT2D eigenvalue weighted by Gasteiger charge is -2.36. The third kappa shape index (κ3) is 6.66. The molecule has 0 saturated carbocycles. The zero-order chi connectivity index (χ0) is 24.0. The Hall–Kier alpha value is -3.17. The van der Waals surface area contributed by atoms with Gasteiger partial charge in [0.25, 0.3) is 5.91 Å². The summed E-state index contributed by atoms with van der Waals surface area (Å²) in [5, 5.41) is 0. The van der Waals surface area contributed by atoms with Gasteiger partial charge in [0, 0.05) is 63.8 Å². The second kappa shape index (κ2) is 10.6. The number of hydrogen-bond donors (Lipinski definition) is 0. The smallest absolute Gasteiger partial charge is 0.368 e. The average molecular weight is 464 g/mol. The van der Waals surface area contributed by atoms with Crippen LogP contribution in [0.4, 0.5) is 18.9 Å². The highest BCUT2D eigenvalue weighted by Crippen LogP contribution is 2.31. The summed E-state index contributed by atoms with van der Waals surface area (Å²) < 4.78 is 39.0. The van der Waals surface area contributed by atoms with E-state index in [2.05, 4.69) is 9.97 Å². The Kier molecular flexibility index (Phi) is 7.88. The lowest BCUT2D eigenvalue weighted by Crippen LogP contribution is -2.49. The van der Waals surface area contributed by atoms with Gasteiger partial charge in [-0.3, -0.25) is 14.6 Å². The lowest BCUT2D eigenvalue weighted by molar-refractivity contribution is -0.137. The molecule has 0 spiro atoms. The first-order chi connectivity index (χ1) is 15.6. The molecule has 1 fully saturated rings. The molecule has 33 heavy (non-hydrogen) atoms. The molecule has 0 bridgehead atoms. The second-order valence-electron chi connectivity index (χ2n) is 8.40. The molecule has 0 aliphatic carbocycles. The number of rotatable bonds is 7. The van der Waals surface area contributed by atoms with Crippen LogP contribution in [0.5, 0.6) is 0 Å². The van der Waals surface area contributed by atoms with E-state index in [-0.39, 0.29) is 36.4 Å². The van der Waals surface area contributed by atoms with E-state index in [1.807, 2.05) is 18.7 Å². The van der Waals surface area contributed by atoms with Crippen molar-refractivity contribution in [1.82, 2.24) is 19.8 Å². The number of piperazine rings is 1. The van der Waals surface area contributed by atoms with Gasteiger partial charge in [-0.05, 0) is 24.1 Å². The predicted octanol–water partition coefficient (Wildman–Crippen LogP) is 3.33. The van der Waals surface area contributed by atoms with Gasteiger partial charge in [-0.25, -0.2) is 4.98 Å². The van der Waals surface area contributed by atoms with E-state index in [1.54, 1.807) is 15.9 Å². The van der Waals surface area contributed by atoms with Gasteiger partial charge in [-0.2, -0.15) is 13.2 Å². The minimum absolute atomic E-state index is 0.0839. The molecule has 0 N–H and O–H groups in total. The standard InChI is InChI=1S/C23H28F3N5O2/c1-17(2)16-31(22(33)20-15-27-7-8-28-20)9-6-21(32)30-12-10-29(11-13-30)19-5-3-4-18(14-19)23(24,25)26/h3-5,7-8,14-15,17H,6,9-13,16H2,1-2H3. The number of aromatic nitrogens is 2. The molecule has 1 aromatic carbocycles. The Bertz CT molecular complexity index is 945. The number of anilines is 1. The van der Waals surface area contributed by atoms with Gasteiger partial charge in [-0.15, -0.1) is 0 Å².